The van der Waals surface area contributed by atoms with Gasteiger partial charge >= 0.3 is 0 Å². The summed E-state index contributed by atoms with van der Waals surface area (Å²) in [6.45, 7) is 5.15. The molecule has 3 atom stereocenters. The zero-order chi connectivity index (χ0) is 13.9. The summed E-state index contributed by atoms with van der Waals surface area (Å²) in [5, 5.41) is 0. The highest BCUT2D eigenvalue weighted by Crippen LogP contribution is 2.48. The van der Waals surface area contributed by atoms with Crippen molar-refractivity contribution in [2.45, 2.75) is 38.2 Å². The molecule has 3 heterocycles. The van der Waals surface area contributed by atoms with Gasteiger partial charge in [-0.2, -0.15) is 0 Å². The maximum Gasteiger partial charge on any atom is 0.231 e. The molecule has 0 aromatic heterocycles. The number of fused-ring (bicyclic) bond motifs is 3. The van der Waals surface area contributed by atoms with Gasteiger partial charge in [0.1, 0.15) is 0 Å². The van der Waals surface area contributed by atoms with Crippen LogP contribution in [0.25, 0.3) is 0 Å². The van der Waals surface area contributed by atoms with Gasteiger partial charge < -0.3 is 14.4 Å². The first-order chi connectivity index (χ1) is 9.57. The third kappa shape index (κ3) is 1.64. The third-order valence-corrected chi connectivity index (χ3v) is 4.67. The third-order valence-electron chi connectivity index (χ3n) is 4.67. The fraction of sp³-hybridized carbons (Fsp3) is 0.562. The lowest BCUT2D eigenvalue weighted by Crippen LogP contribution is -2.61. The highest BCUT2D eigenvalue weighted by atomic mass is 16.7. The molecule has 2 fully saturated rings. The molecule has 1 aromatic rings. The Morgan fingerprint density at radius 2 is 2.10 bits per heavy atom. The van der Waals surface area contributed by atoms with Gasteiger partial charge in [-0.3, -0.25) is 4.79 Å². The van der Waals surface area contributed by atoms with E-state index < -0.39 is 5.79 Å². The highest BCUT2D eigenvalue weighted by molar-refractivity contribution is 5.88. The van der Waals surface area contributed by atoms with Crippen molar-refractivity contribution in [1.29, 1.82) is 0 Å². The number of benzene rings is 1. The molecule has 20 heavy (non-hydrogen) atoms. The molecule has 4 heteroatoms. The van der Waals surface area contributed by atoms with Gasteiger partial charge in [-0.05, 0) is 31.4 Å². The fourth-order valence-electron chi connectivity index (χ4n) is 3.73. The van der Waals surface area contributed by atoms with E-state index in [1.54, 1.807) is 0 Å². The summed E-state index contributed by atoms with van der Waals surface area (Å²) < 4.78 is 11.6. The summed E-state index contributed by atoms with van der Waals surface area (Å²) in [6, 6.07) is 8.62. The SMILES string of the molecule is CC1(C)OC[C@@H]([C@@H]2C(=O)N3CCc4ccccc4[C@H]23)O1. The van der Waals surface area contributed by atoms with Crippen LogP contribution in [0.5, 0.6) is 0 Å². The molecule has 3 aliphatic heterocycles. The Morgan fingerprint density at radius 3 is 2.85 bits per heavy atom. The molecule has 106 valence electrons. The van der Waals surface area contributed by atoms with Crippen molar-refractivity contribution >= 4 is 5.91 Å². The lowest BCUT2D eigenvalue weighted by Gasteiger charge is -2.52. The van der Waals surface area contributed by atoms with Gasteiger partial charge in [0, 0.05) is 6.54 Å². The number of rotatable bonds is 1. The highest BCUT2D eigenvalue weighted by Gasteiger charge is 2.56. The number of carbonyl (C=O) groups is 1. The molecule has 0 spiro atoms. The van der Waals surface area contributed by atoms with Crippen molar-refractivity contribution in [3.05, 3.63) is 35.4 Å². The Hall–Kier alpha value is -1.39. The van der Waals surface area contributed by atoms with Crippen LogP contribution in [-0.4, -0.2) is 35.8 Å². The van der Waals surface area contributed by atoms with E-state index >= 15 is 0 Å². The molecule has 3 aliphatic rings. The lowest BCUT2D eigenvalue weighted by molar-refractivity contribution is -0.180. The van der Waals surface area contributed by atoms with E-state index in [4.69, 9.17) is 9.47 Å². The first kappa shape index (κ1) is 12.4. The fourth-order valence-corrected chi connectivity index (χ4v) is 3.73. The second-order valence-electron chi connectivity index (χ2n) is 6.32. The Kier molecular flexibility index (Phi) is 2.51. The molecular formula is C16H19NO3. The van der Waals surface area contributed by atoms with Crippen molar-refractivity contribution in [3.63, 3.8) is 0 Å². The number of ether oxygens (including phenoxy) is 2. The minimum absolute atomic E-state index is 0.0850. The van der Waals surface area contributed by atoms with E-state index in [9.17, 15) is 4.79 Å². The second-order valence-corrected chi connectivity index (χ2v) is 6.32. The van der Waals surface area contributed by atoms with E-state index in [1.165, 1.54) is 11.1 Å². The van der Waals surface area contributed by atoms with Crippen LogP contribution < -0.4 is 0 Å². The van der Waals surface area contributed by atoms with Gasteiger partial charge in [-0.25, -0.2) is 0 Å². The predicted molar refractivity (Wildman–Crippen MR) is 73.0 cm³/mol. The van der Waals surface area contributed by atoms with Crippen LogP contribution in [0, 0.1) is 5.92 Å². The largest absolute Gasteiger partial charge is 0.348 e. The zero-order valence-electron chi connectivity index (χ0n) is 11.8. The number of nitrogens with zero attached hydrogens (tertiary/aromatic N) is 1. The van der Waals surface area contributed by atoms with Crippen molar-refractivity contribution in [3.8, 4) is 0 Å². The minimum atomic E-state index is -0.570. The normalized spacial score (nSPS) is 34.4. The van der Waals surface area contributed by atoms with Gasteiger partial charge in [-0.1, -0.05) is 24.3 Å². The van der Waals surface area contributed by atoms with Crippen LogP contribution >= 0.6 is 0 Å². The Morgan fingerprint density at radius 1 is 1.30 bits per heavy atom. The Labute approximate surface area is 118 Å². The minimum Gasteiger partial charge on any atom is -0.348 e. The standard InChI is InChI=1S/C16H19NO3/c1-16(2)19-9-12(20-16)13-14-11-6-4-3-5-10(11)7-8-17(14)15(13)18/h3-6,12-14H,7-9H2,1-2H3/t12-,13-,14+/m0/s1. The van der Waals surface area contributed by atoms with Crippen molar-refractivity contribution < 1.29 is 14.3 Å². The Bertz CT molecular complexity index is 569. The van der Waals surface area contributed by atoms with Crippen LogP contribution in [0.15, 0.2) is 24.3 Å². The quantitative estimate of drug-likeness (QED) is 0.734. The summed E-state index contributed by atoms with van der Waals surface area (Å²) in [5.41, 5.74) is 2.65. The van der Waals surface area contributed by atoms with E-state index in [1.807, 2.05) is 18.7 Å². The number of hydrogen-bond acceptors (Lipinski definition) is 3. The molecular weight excluding hydrogens is 254 g/mol. The smallest absolute Gasteiger partial charge is 0.231 e. The second kappa shape index (κ2) is 4.06. The molecule has 0 aliphatic carbocycles. The number of β-lactam (4-membered cyclic amide) rings is 1. The maximum absolute atomic E-state index is 12.4. The first-order valence-corrected chi connectivity index (χ1v) is 7.27. The molecule has 1 aromatic carbocycles. The van der Waals surface area contributed by atoms with Crippen molar-refractivity contribution in [2.75, 3.05) is 13.2 Å². The molecule has 0 unspecified atom stereocenters. The molecule has 4 rings (SSSR count). The van der Waals surface area contributed by atoms with Crippen LogP contribution in [0.4, 0.5) is 0 Å². The van der Waals surface area contributed by atoms with Crippen LogP contribution in [0.3, 0.4) is 0 Å². The van der Waals surface area contributed by atoms with Crippen LogP contribution in [0.1, 0.15) is 31.0 Å². The van der Waals surface area contributed by atoms with E-state index in [2.05, 4.69) is 24.3 Å². The monoisotopic (exact) mass is 273 g/mol. The first-order valence-electron chi connectivity index (χ1n) is 7.27. The van der Waals surface area contributed by atoms with Crippen molar-refractivity contribution in [2.24, 2.45) is 5.92 Å². The van der Waals surface area contributed by atoms with Gasteiger partial charge in [0.25, 0.3) is 0 Å². The maximum atomic E-state index is 12.4. The van der Waals surface area contributed by atoms with Gasteiger partial charge in [0.05, 0.1) is 24.7 Å². The number of carbonyl (C=O) groups excluding carboxylic acids is 1. The van der Waals surface area contributed by atoms with Crippen molar-refractivity contribution in [1.82, 2.24) is 4.90 Å². The summed E-state index contributed by atoms with van der Waals surface area (Å²) in [7, 11) is 0. The van der Waals surface area contributed by atoms with Crippen LogP contribution in [-0.2, 0) is 20.7 Å². The summed E-state index contributed by atoms with van der Waals surface area (Å²) >= 11 is 0. The molecule has 0 N–H and O–H groups in total. The molecule has 2 saturated heterocycles. The topological polar surface area (TPSA) is 38.8 Å². The van der Waals surface area contributed by atoms with E-state index in [0.717, 1.165) is 13.0 Å². The molecule has 1 amide bonds. The van der Waals surface area contributed by atoms with E-state index in [0.29, 0.717) is 6.61 Å². The van der Waals surface area contributed by atoms with Crippen LogP contribution in [0.2, 0.25) is 0 Å². The van der Waals surface area contributed by atoms with Gasteiger partial charge in [-0.15, -0.1) is 0 Å². The average Bonchev–Trinajstić information content (AvgIpc) is 2.77. The average molecular weight is 273 g/mol. The summed E-state index contributed by atoms with van der Waals surface area (Å²) in [6.07, 6.45) is 0.837. The number of hydrogen-bond donors (Lipinski definition) is 0. The molecule has 4 nitrogen and oxygen atoms in total. The van der Waals surface area contributed by atoms with Gasteiger partial charge in [0.2, 0.25) is 5.91 Å². The Balaban J connectivity index is 1.65. The lowest BCUT2D eigenvalue weighted by atomic mass is 9.74. The van der Waals surface area contributed by atoms with Gasteiger partial charge in [0.15, 0.2) is 5.79 Å². The molecule has 0 radical (unpaired) electrons. The number of amides is 1. The zero-order valence-corrected chi connectivity index (χ0v) is 11.8. The molecule has 0 saturated carbocycles. The summed E-state index contributed by atoms with van der Waals surface area (Å²) in [4.78, 5) is 14.4. The summed E-state index contributed by atoms with van der Waals surface area (Å²) in [5.74, 6) is -0.437. The predicted octanol–water partition coefficient (Wildman–Crippen LogP) is 1.89. The molecule has 0 bridgehead atoms. The van der Waals surface area contributed by atoms with E-state index in [-0.39, 0.29) is 24.0 Å².